The van der Waals surface area contributed by atoms with Crippen molar-refractivity contribution >= 4 is 17.6 Å². The number of aliphatic hydroxyl groups is 1. The minimum Gasteiger partial charge on any atom is -0.491 e. The average molecular weight is 410 g/mol. The third-order valence-corrected chi connectivity index (χ3v) is 5.66. The van der Waals surface area contributed by atoms with E-state index < -0.39 is 0 Å². The molecule has 1 aliphatic rings. The largest absolute Gasteiger partial charge is 0.491 e. The number of aliphatic hydroxyl groups excluding tert-OH is 1. The standard InChI is InChI=1S/C21H22N4O3S/c1-24-20-17(11-22)19(14-4-6-15(7-5-14)28-10-8-26)18(12-23)21(25-20)29-13-16-3-2-9-27-16/h4-7,16,26H,2-3,8-10,13H2,1H3,(H,24,25). The quantitative estimate of drug-likeness (QED) is 0.638. The van der Waals surface area contributed by atoms with Crippen LogP contribution in [0.3, 0.4) is 0 Å². The van der Waals surface area contributed by atoms with E-state index >= 15 is 0 Å². The van der Waals surface area contributed by atoms with Crippen LogP contribution in [0.1, 0.15) is 24.0 Å². The molecule has 1 aliphatic heterocycles. The number of nitrogens with one attached hydrogen (secondary N) is 1. The van der Waals surface area contributed by atoms with E-state index in [4.69, 9.17) is 14.6 Å². The van der Waals surface area contributed by atoms with Crippen LogP contribution in [0.15, 0.2) is 29.3 Å². The molecule has 0 spiro atoms. The molecule has 8 heteroatoms. The van der Waals surface area contributed by atoms with Crippen LogP contribution in [0.25, 0.3) is 11.1 Å². The summed E-state index contributed by atoms with van der Waals surface area (Å²) in [6, 6.07) is 11.6. The Bertz CT molecular complexity index is 929. The number of pyridine rings is 1. The van der Waals surface area contributed by atoms with Crippen molar-refractivity contribution in [1.82, 2.24) is 4.98 Å². The number of ether oxygens (including phenoxy) is 2. The van der Waals surface area contributed by atoms with Crippen molar-refractivity contribution in [2.45, 2.75) is 24.0 Å². The Morgan fingerprint density at radius 2 is 2.03 bits per heavy atom. The third kappa shape index (κ3) is 4.80. The van der Waals surface area contributed by atoms with E-state index in [-0.39, 0.29) is 19.3 Å². The maximum atomic E-state index is 9.89. The van der Waals surface area contributed by atoms with E-state index in [1.165, 1.54) is 11.8 Å². The summed E-state index contributed by atoms with van der Waals surface area (Å²) in [6.07, 6.45) is 2.22. The predicted molar refractivity (Wildman–Crippen MR) is 111 cm³/mol. The summed E-state index contributed by atoms with van der Waals surface area (Å²) in [4.78, 5) is 4.54. The Morgan fingerprint density at radius 3 is 2.62 bits per heavy atom. The highest BCUT2D eigenvalue weighted by Crippen LogP contribution is 2.37. The molecule has 1 saturated heterocycles. The van der Waals surface area contributed by atoms with Crippen LogP contribution in [0.5, 0.6) is 5.75 Å². The second-order valence-corrected chi connectivity index (χ2v) is 7.42. The number of aromatic nitrogens is 1. The van der Waals surface area contributed by atoms with E-state index in [0.29, 0.717) is 39.0 Å². The number of hydrogen-bond acceptors (Lipinski definition) is 8. The van der Waals surface area contributed by atoms with Gasteiger partial charge in [0.25, 0.3) is 0 Å². The van der Waals surface area contributed by atoms with Crippen LogP contribution in [0.2, 0.25) is 0 Å². The van der Waals surface area contributed by atoms with Gasteiger partial charge in [-0.3, -0.25) is 0 Å². The van der Waals surface area contributed by atoms with Crippen LogP contribution in [-0.4, -0.2) is 48.8 Å². The zero-order valence-corrected chi connectivity index (χ0v) is 17.0. The first-order chi connectivity index (χ1) is 14.2. The van der Waals surface area contributed by atoms with Gasteiger partial charge < -0.3 is 19.9 Å². The summed E-state index contributed by atoms with van der Waals surface area (Å²) < 4.78 is 11.1. The number of benzene rings is 1. The zero-order chi connectivity index (χ0) is 20.6. The van der Waals surface area contributed by atoms with Crippen molar-refractivity contribution in [3.8, 4) is 29.0 Å². The Morgan fingerprint density at radius 1 is 1.28 bits per heavy atom. The molecule has 1 unspecified atom stereocenters. The van der Waals surface area contributed by atoms with Gasteiger partial charge in [-0.1, -0.05) is 12.1 Å². The number of hydrogen-bond donors (Lipinski definition) is 2. The molecule has 3 rings (SSSR count). The summed E-state index contributed by atoms with van der Waals surface area (Å²) in [5.41, 5.74) is 1.99. The van der Waals surface area contributed by atoms with E-state index in [0.717, 1.165) is 25.0 Å². The van der Waals surface area contributed by atoms with Crippen molar-refractivity contribution < 1.29 is 14.6 Å². The van der Waals surface area contributed by atoms with Crippen molar-refractivity contribution in [3.63, 3.8) is 0 Å². The van der Waals surface area contributed by atoms with Crippen LogP contribution in [0.4, 0.5) is 5.82 Å². The van der Waals surface area contributed by atoms with Gasteiger partial charge in [0, 0.05) is 25.0 Å². The number of anilines is 1. The van der Waals surface area contributed by atoms with Crippen LogP contribution in [0, 0.1) is 22.7 Å². The summed E-state index contributed by atoms with van der Waals surface area (Å²) in [5.74, 6) is 1.76. The molecule has 2 aromatic rings. The van der Waals surface area contributed by atoms with Crippen LogP contribution in [-0.2, 0) is 4.74 Å². The highest BCUT2D eigenvalue weighted by atomic mass is 32.2. The van der Waals surface area contributed by atoms with Gasteiger partial charge >= 0.3 is 0 Å². The minimum absolute atomic E-state index is 0.0694. The molecule has 7 nitrogen and oxygen atoms in total. The normalized spacial score (nSPS) is 15.5. The highest BCUT2D eigenvalue weighted by Gasteiger charge is 2.23. The molecule has 0 radical (unpaired) electrons. The van der Waals surface area contributed by atoms with Gasteiger partial charge in [-0.2, -0.15) is 10.5 Å². The lowest BCUT2D eigenvalue weighted by atomic mass is 9.96. The summed E-state index contributed by atoms with van der Waals surface area (Å²) >= 11 is 1.48. The second kappa shape index (κ2) is 10.1. The molecule has 0 aliphatic carbocycles. The SMILES string of the molecule is CNc1nc(SCC2CCCO2)c(C#N)c(-c2ccc(OCCO)cc2)c1C#N. The maximum absolute atomic E-state index is 9.89. The Hall–Kier alpha value is -2.78. The van der Waals surface area contributed by atoms with Gasteiger partial charge in [0.15, 0.2) is 0 Å². The van der Waals surface area contributed by atoms with Gasteiger partial charge in [-0.25, -0.2) is 4.98 Å². The Balaban J connectivity index is 2.02. The topological polar surface area (TPSA) is 111 Å². The van der Waals surface area contributed by atoms with Crippen molar-refractivity contribution in [3.05, 3.63) is 35.4 Å². The fourth-order valence-corrected chi connectivity index (χ4v) is 4.23. The first-order valence-electron chi connectivity index (χ1n) is 9.36. The molecule has 1 atom stereocenters. The monoisotopic (exact) mass is 410 g/mol. The highest BCUT2D eigenvalue weighted by molar-refractivity contribution is 7.99. The second-order valence-electron chi connectivity index (χ2n) is 6.41. The first-order valence-corrected chi connectivity index (χ1v) is 10.3. The van der Waals surface area contributed by atoms with Crippen LogP contribution >= 0.6 is 11.8 Å². The van der Waals surface area contributed by atoms with Gasteiger partial charge in [0.05, 0.1) is 18.3 Å². The molecule has 2 N–H and O–H groups in total. The molecule has 0 amide bonds. The molecule has 29 heavy (non-hydrogen) atoms. The Kier molecular flexibility index (Phi) is 7.31. The van der Waals surface area contributed by atoms with E-state index in [1.54, 1.807) is 31.3 Å². The maximum Gasteiger partial charge on any atom is 0.145 e. The zero-order valence-electron chi connectivity index (χ0n) is 16.1. The summed E-state index contributed by atoms with van der Waals surface area (Å²) in [5, 5.41) is 32.1. The number of rotatable bonds is 8. The van der Waals surface area contributed by atoms with E-state index in [2.05, 4.69) is 22.4 Å². The van der Waals surface area contributed by atoms with Gasteiger partial charge in [-0.05, 0) is 30.5 Å². The lowest BCUT2D eigenvalue weighted by Crippen LogP contribution is -2.09. The molecule has 2 heterocycles. The number of nitriles is 2. The number of nitrogens with zero attached hydrogens (tertiary/aromatic N) is 3. The molecule has 0 bridgehead atoms. The fraction of sp³-hybridized carbons (Fsp3) is 0.381. The average Bonchev–Trinajstić information content (AvgIpc) is 3.29. The Labute approximate surface area is 174 Å². The number of thioether (sulfide) groups is 1. The molecule has 0 saturated carbocycles. The van der Waals surface area contributed by atoms with Crippen molar-refractivity contribution in [1.29, 1.82) is 10.5 Å². The van der Waals surface area contributed by atoms with E-state index in [9.17, 15) is 10.5 Å². The van der Waals surface area contributed by atoms with Crippen molar-refractivity contribution in [2.24, 2.45) is 0 Å². The minimum atomic E-state index is -0.0694. The van der Waals surface area contributed by atoms with Crippen molar-refractivity contribution in [2.75, 3.05) is 37.9 Å². The molecule has 1 fully saturated rings. The molecule has 1 aromatic heterocycles. The van der Waals surface area contributed by atoms with E-state index in [1.807, 2.05) is 0 Å². The lowest BCUT2D eigenvalue weighted by molar-refractivity contribution is 0.129. The summed E-state index contributed by atoms with van der Waals surface area (Å²) in [6.45, 7) is 0.907. The predicted octanol–water partition coefficient (Wildman–Crippen LogP) is 3.18. The van der Waals surface area contributed by atoms with Gasteiger partial charge in [0.1, 0.15) is 40.9 Å². The van der Waals surface area contributed by atoms with Gasteiger partial charge in [-0.15, -0.1) is 11.8 Å². The summed E-state index contributed by atoms with van der Waals surface area (Å²) in [7, 11) is 1.71. The first kappa shape index (κ1) is 20.9. The molecular weight excluding hydrogens is 388 g/mol. The molecule has 1 aromatic carbocycles. The smallest absolute Gasteiger partial charge is 0.145 e. The third-order valence-electron chi connectivity index (χ3n) is 4.56. The molecular formula is C21H22N4O3S. The molecule has 150 valence electrons. The fourth-order valence-electron chi connectivity index (χ4n) is 3.18. The van der Waals surface area contributed by atoms with Crippen LogP contribution < -0.4 is 10.1 Å². The lowest BCUT2D eigenvalue weighted by Gasteiger charge is -2.16. The van der Waals surface area contributed by atoms with Gasteiger partial charge in [0.2, 0.25) is 0 Å².